The minimum atomic E-state index is -2.09. The van der Waals surface area contributed by atoms with Crippen LogP contribution < -0.4 is 10.6 Å². The number of rotatable bonds is 2. The van der Waals surface area contributed by atoms with E-state index >= 15 is 0 Å². The Morgan fingerprint density at radius 1 is 0.808 bits per heavy atom. The first kappa shape index (κ1) is 19.6. The standard InChI is InChI=1S/C19H32N2O5/c1-14(2,3)20-12(22)16(7)17(8-9-17)26-19(24,18(25-16)10-11-18)13(23)21-15(4,5)6/h24H,8-11H2,1-7H3,(H,20,22)(H,21,23)/t16-,19-/m0/s1. The summed E-state index contributed by atoms with van der Waals surface area (Å²) in [6.07, 6.45) is 2.05. The zero-order valence-electron chi connectivity index (χ0n) is 16.9. The molecular formula is C19H32N2O5. The number of ether oxygens (including phenoxy) is 2. The second-order valence-electron chi connectivity index (χ2n) is 10.3. The molecule has 0 radical (unpaired) electrons. The van der Waals surface area contributed by atoms with E-state index in [4.69, 9.17) is 9.47 Å². The zero-order chi connectivity index (χ0) is 19.8. The summed E-state index contributed by atoms with van der Waals surface area (Å²) in [7, 11) is 0. The number of hydrogen-bond acceptors (Lipinski definition) is 5. The van der Waals surface area contributed by atoms with Gasteiger partial charge in [-0.2, -0.15) is 0 Å². The molecule has 26 heavy (non-hydrogen) atoms. The third-order valence-corrected chi connectivity index (χ3v) is 5.36. The highest BCUT2D eigenvalue weighted by Crippen LogP contribution is 2.64. The van der Waals surface area contributed by atoms with Gasteiger partial charge in [-0.25, -0.2) is 0 Å². The van der Waals surface area contributed by atoms with Crippen LogP contribution in [0.5, 0.6) is 0 Å². The van der Waals surface area contributed by atoms with Gasteiger partial charge >= 0.3 is 0 Å². The maximum atomic E-state index is 13.0. The molecule has 2 atom stereocenters. The maximum Gasteiger partial charge on any atom is 0.283 e. The van der Waals surface area contributed by atoms with Gasteiger partial charge in [-0.3, -0.25) is 9.59 Å². The van der Waals surface area contributed by atoms with E-state index in [1.165, 1.54) is 0 Å². The molecule has 0 aromatic heterocycles. The summed E-state index contributed by atoms with van der Waals surface area (Å²) in [5, 5.41) is 17.0. The molecule has 3 N–H and O–H groups in total. The van der Waals surface area contributed by atoms with Gasteiger partial charge in [0.15, 0.2) is 5.60 Å². The summed E-state index contributed by atoms with van der Waals surface area (Å²) in [5.41, 5.74) is -4.35. The van der Waals surface area contributed by atoms with Gasteiger partial charge in [0.1, 0.15) is 11.2 Å². The highest BCUT2D eigenvalue weighted by molar-refractivity contribution is 5.90. The Balaban J connectivity index is 1.91. The number of carbonyl (C=O) groups excluding carboxylic acids is 2. The average molecular weight is 368 g/mol. The monoisotopic (exact) mass is 368 g/mol. The van der Waals surface area contributed by atoms with Crippen molar-refractivity contribution in [1.29, 1.82) is 0 Å². The SMILES string of the molecule is CC(C)(C)NC(=O)[C@]1(C)OC2(CC2)[C@](O)(C(=O)NC(C)(C)C)OC12CC2. The van der Waals surface area contributed by atoms with Crippen molar-refractivity contribution in [3.8, 4) is 0 Å². The first-order valence-corrected chi connectivity index (χ1v) is 9.36. The van der Waals surface area contributed by atoms with E-state index < -0.39 is 39.6 Å². The third-order valence-electron chi connectivity index (χ3n) is 5.36. The van der Waals surface area contributed by atoms with Crippen LogP contribution in [0.1, 0.15) is 74.1 Å². The van der Waals surface area contributed by atoms with E-state index in [1.807, 2.05) is 41.5 Å². The lowest BCUT2D eigenvalue weighted by Crippen LogP contribution is -2.74. The minimum absolute atomic E-state index is 0.271. The Morgan fingerprint density at radius 2 is 1.23 bits per heavy atom. The van der Waals surface area contributed by atoms with Crippen LogP contribution in [0, 0.1) is 0 Å². The van der Waals surface area contributed by atoms with Gasteiger partial charge in [0.2, 0.25) is 0 Å². The van der Waals surface area contributed by atoms with Crippen LogP contribution >= 0.6 is 0 Å². The predicted octanol–water partition coefficient (Wildman–Crippen LogP) is 1.38. The lowest BCUT2D eigenvalue weighted by Gasteiger charge is -2.52. The molecular weight excluding hydrogens is 336 g/mol. The third kappa shape index (κ3) is 2.94. The minimum Gasteiger partial charge on any atom is -0.356 e. The zero-order valence-corrected chi connectivity index (χ0v) is 16.9. The molecule has 1 aliphatic heterocycles. The summed E-state index contributed by atoms with van der Waals surface area (Å²) in [5.74, 6) is -2.96. The van der Waals surface area contributed by atoms with Crippen LogP contribution in [0.3, 0.4) is 0 Å². The van der Waals surface area contributed by atoms with E-state index in [9.17, 15) is 14.7 Å². The van der Waals surface area contributed by atoms with Crippen LogP contribution in [0.15, 0.2) is 0 Å². The molecule has 0 aromatic carbocycles. The van der Waals surface area contributed by atoms with E-state index in [1.54, 1.807) is 6.92 Å². The number of carbonyl (C=O) groups is 2. The van der Waals surface area contributed by atoms with Gasteiger partial charge in [-0.05, 0) is 74.1 Å². The van der Waals surface area contributed by atoms with Crippen LogP contribution in [-0.2, 0) is 19.1 Å². The van der Waals surface area contributed by atoms with Crippen LogP contribution in [0.2, 0.25) is 0 Å². The molecule has 2 saturated carbocycles. The second kappa shape index (κ2) is 5.20. The molecule has 7 heteroatoms. The normalized spacial score (nSPS) is 34.5. The number of amides is 2. The molecule has 0 bridgehead atoms. The van der Waals surface area contributed by atoms with Crippen molar-refractivity contribution in [1.82, 2.24) is 10.6 Å². The number of nitrogens with one attached hydrogen (secondary N) is 2. The Morgan fingerprint density at radius 3 is 1.62 bits per heavy atom. The second-order valence-corrected chi connectivity index (χ2v) is 10.3. The van der Waals surface area contributed by atoms with E-state index in [0.717, 1.165) is 0 Å². The average Bonchev–Trinajstić information content (AvgIpc) is 3.30. The topological polar surface area (TPSA) is 96.9 Å². The van der Waals surface area contributed by atoms with Crippen LogP contribution in [-0.4, -0.2) is 50.6 Å². The van der Waals surface area contributed by atoms with Crippen molar-refractivity contribution in [3.05, 3.63) is 0 Å². The molecule has 3 aliphatic rings. The Labute approximate surface area is 155 Å². The summed E-state index contributed by atoms with van der Waals surface area (Å²) in [4.78, 5) is 25.9. The largest absolute Gasteiger partial charge is 0.356 e. The van der Waals surface area contributed by atoms with Gasteiger partial charge in [-0.15, -0.1) is 0 Å². The summed E-state index contributed by atoms with van der Waals surface area (Å²) < 4.78 is 12.3. The fourth-order valence-corrected chi connectivity index (χ4v) is 3.66. The molecule has 7 nitrogen and oxygen atoms in total. The van der Waals surface area contributed by atoms with Gasteiger partial charge in [0, 0.05) is 11.1 Å². The van der Waals surface area contributed by atoms with Crippen molar-refractivity contribution in [2.75, 3.05) is 0 Å². The Hall–Kier alpha value is -1.18. The Bertz CT molecular complexity index is 583. The molecule has 3 rings (SSSR count). The molecule has 148 valence electrons. The van der Waals surface area contributed by atoms with Crippen LogP contribution in [0.25, 0.3) is 0 Å². The summed E-state index contributed by atoms with van der Waals surface area (Å²) >= 11 is 0. The maximum absolute atomic E-state index is 13.0. The van der Waals surface area contributed by atoms with E-state index in [-0.39, 0.29) is 5.91 Å². The van der Waals surface area contributed by atoms with Gasteiger partial charge in [0.05, 0.1) is 0 Å². The van der Waals surface area contributed by atoms with Crippen molar-refractivity contribution in [3.63, 3.8) is 0 Å². The summed E-state index contributed by atoms with van der Waals surface area (Å²) in [6.45, 7) is 12.9. The number of aliphatic hydroxyl groups is 1. The van der Waals surface area contributed by atoms with Gasteiger partial charge < -0.3 is 25.2 Å². The number of hydrogen-bond donors (Lipinski definition) is 3. The first-order valence-electron chi connectivity index (χ1n) is 9.36. The highest BCUT2D eigenvalue weighted by Gasteiger charge is 2.80. The Kier molecular flexibility index (Phi) is 3.92. The molecule has 2 amide bonds. The molecule has 1 heterocycles. The first-order chi connectivity index (χ1) is 11.6. The molecule has 0 unspecified atom stereocenters. The van der Waals surface area contributed by atoms with E-state index in [2.05, 4.69) is 10.6 Å². The van der Waals surface area contributed by atoms with Gasteiger partial charge in [0.25, 0.3) is 17.6 Å². The molecule has 3 fully saturated rings. The molecule has 2 aliphatic carbocycles. The van der Waals surface area contributed by atoms with Crippen LogP contribution in [0.4, 0.5) is 0 Å². The lowest BCUT2D eigenvalue weighted by atomic mass is 9.88. The summed E-state index contributed by atoms with van der Waals surface area (Å²) in [6, 6.07) is 0. The van der Waals surface area contributed by atoms with Crippen molar-refractivity contribution in [2.45, 2.75) is 108 Å². The molecule has 1 saturated heterocycles. The van der Waals surface area contributed by atoms with Crippen molar-refractivity contribution >= 4 is 11.8 Å². The molecule has 0 aromatic rings. The highest BCUT2D eigenvalue weighted by atomic mass is 16.7. The van der Waals surface area contributed by atoms with Gasteiger partial charge in [-0.1, -0.05) is 0 Å². The predicted molar refractivity (Wildman–Crippen MR) is 95.2 cm³/mol. The fourth-order valence-electron chi connectivity index (χ4n) is 3.66. The van der Waals surface area contributed by atoms with E-state index in [0.29, 0.717) is 25.7 Å². The van der Waals surface area contributed by atoms with Crippen molar-refractivity contribution < 1.29 is 24.2 Å². The molecule has 2 spiro atoms. The smallest absolute Gasteiger partial charge is 0.283 e. The quantitative estimate of drug-likeness (QED) is 0.684. The fraction of sp³-hybridized carbons (Fsp3) is 0.895. The van der Waals surface area contributed by atoms with Crippen molar-refractivity contribution in [2.24, 2.45) is 0 Å². The lowest BCUT2D eigenvalue weighted by molar-refractivity contribution is -0.369.